The van der Waals surface area contributed by atoms with Crippen LogP contribution < -0.4 is 5.32 Å². The number of fused-ring (bicyclic) bond motifs is 1. The van der Waals surface area contributed by atoms with E-state index < -0.39 is 6.04 Å². The summed E-state index contributed by atoms with van der Waals surface area (Å²) in [7, 11) is 0. The number of anilines is 1. The zero-order valence-electron chi connectivity index (χ0n) is 17.1. The highest BCUT2D eigenvalue weighted by Gasteiger charge is 2.34. The summed E-state index contributed by atoms with van der Waals surface area (Å²) in [5.74, 6) is 0.450. The zero-order chi connectivity index (χ0) is 21.9. The maximum atomic E-state index is 12.9. The molecular formula is C22H20N6O3S. The van der Waals surface area contributed by atoms with Crippen LogP contribution in [0.5, 0.6) is 0 Å². The van der Waals surface area contributed by atoms with Gasteiger partial charge in [-0.1, -0.05) is 34.7 Å². The molecule has 0 saturated carbocycles. The van der Waals surface area contributed by atoms with Gasteiger partial charge in [-0.3, -0.25) is 14.6 Å². The molecule has 1 aliphatic heterocycles. The Bertz CT molecular complexity index is 1220. The van der Waals surface area contributed by atoms with Crippen LogP contribution in [0.4, 0.5) is 5.13 Å². The Kier molecular flexibility index (Phi) is 5.59. The van der Waals surface area contributed by atoms with Gasteiger partial charge >= 0.3 is 0 Å². The maximum absolute atomic E-state index is 12.9. The number of hydrogen-bond acceptors (Lipinski definition) is 8. The van der Waals surface area contributed by atoms with Gasteiger partial charge in [0.1, 0.15) is 11.7 Å². The molecule has 0 spiro atoms. The molecule has 4 aromatic rings. The van der Waals surface area contributed by atoms with E-state index in [1.807, 2.05) is 36.4 Å². The van der Waals surface area contributed by atoms with E-state index in [1.165, 1.54) is 11.3 Å². The number of likely N-dealkylation sites (tertiary alicyclic amines) is 1. The highest BCUT2D eigenvalue weighted by Crippen LogP contribution is 2.27. The van der Waals surface area contributed by atoms with Crippen molar-refractivity contribution in [3.05, 3.63) is 54.6 Å². The smallest absolute Gasteiger partial charge is 0.248 e. The normalized spacial score (nSPS) is 15.9. The standard InChI is InChI=1S/C22H20N6O3S/c29-19(11-10-18-25-20(27-31-18)15-7-3-4-12-23-15)28-13-5-8-16(28)21(30)26-22-24-14-6-1-2-9-17(14)32-22/h1-4,6-7,9,12,16H,5,8,10-11,13H2,(H,24,26,30). The highest BCUT2D eigenvalue weighted by molar-refractivity contribution is 7.22. The number of benzene rings is 1. The fraction of sp³-hybridized carbons (Fsp3) is 0.273. The van der Waals surface area contributed by atoms with Crippen molar-refractivity contribution in [1.82, 2.24) is 25.0 Å². The average molecular weight is 449 g/mol. The van der Waals surface area contributed by atoms with Crippen LogP contribution in [-0.2, 0) is 16.0 Å². The van der Waals surface area contributed by atoms with Gasteiger partial charge in [0.05, 0.1) is 10.2 Å². The summed E-state index contributed by atoms with van der Waals surface area (Å²) in [6, 6.07) is 12.7. The van der Waals surface area contributed by atoms with E-state index >= 15 is 0 Å². The fourth-order valence-electron chi connectivity index (χ4n) is 3.77. The molecule has 3 aromatic heterocycles. The second-order valence-corrected chi connectivity index (χ2v) is 8.48. The molecular weight excluding hydrogens is 428 g/mol. The molecule has 32 heavy (non-hydrogen) atoms. The van der Waals surface area contributed by atoms with Crippen LogP contribution in [0.1, 0.15) is 25.2 Å². The number of thiazole rings is 1. The quantitative estimate of drug-likeness (QED) is 0.481. The number of carbonyl (C=O) groups is 2. The molecule has 1 unspecified atom stereocenters. The Balaban J connectivity index is 1.20. The number of rotatable bonds is 6. The minimum absolute atomic E-state index is 0.107. The first-order valence-corrected chi connectivity index (χ1v) is 11.2. The molecule has 1 aromatic carbocycles. The van der Waals surface area contributed by atoms with E-state index in [9.17, 15) is 9.59 Å². The molecule has 0 bridgehead atoms. The van der Waals surface area contributed by atoms with Gasteiger partial charge in [-0.05, 0) is 37.1 Å². The molecule has 1 aliphatic rings. The number of aromatic nitrogens is 4. The molecule has 162 valence electrons. The monoisotopic (exact) mass is 448 g/mol. The van der Waals surface area contributed by atoms with Gasteiger partial charge in [0.25, 0.3) is 0 Å². The number of carbonyl (C=O) groups excluding carboxylic acids is 2. The number of para-hydroxylation sites is 1. The second-order valence-electron chi connectivity index (χ2n) is 7.45. The molecule has 0 radical (unpaired) electrons. The predicted octanol–water partition coefficient (Wildman–Crippen LogP) is 3.30. The number of amides is 2. The van der Waals surface area contributed by atoms with Gasteiger partial charge in [-0.25, -0.2) is 4.98 Å². The van der Waals surface area contributed by atoms with Crippen molar-refractivity contribution >= 4 is 38.5 Å². The van der Waals surface area contributed by atoms with Crippen LogP contribution >= 0.6 is 11.3 Å². The van der Waals surface area contributed by atoms with Crippen molar-refractivity contribution in [2.45, 2.75) is 31.7 Å². The van der Waals surface area contributed by atoms with Crippen LogP contribution in [0, 0.1) is 0 Å². The van der Waals surface area contributed by atoms with E-state index in [0.29, 0.717) is 41.9 Å². The van der Waals surface area contributed by atoms with Gasteiger partial charge in [0.15, 0.2) is 5.13 Å². The van der Waals surface area contributed by atoms with Gasteiger partial charge in [-0.15, -0.1) is 0 Å². The lowest BCUT2D eigenvalue weighted by molar-refractivity contribution is -0.136. The van der Waals surface area contributed by atoms with Gasteiger partial charge in [0, 0.05) is 25.6 Å². The Hall–Kier alpha value is -3.66. The molecule has 10 heteroatoms. The Morgan fingerprint density at radius 1 is 1.16 bits per heavy atom. The van der Waals surface area contributed by atoms with Crippen LogP contribution in [0.15, 0.2) is 53.2 Å². The summed E-state index contributed by atoms with van der Waals surface area (Å²) < 4.78 is 6.26. The van der Waals surface area contributed by atoms with Crippen molar-refractivity contribution in [2.75, 3.05) is 11.9 Å². The second kappa shape index (κ2) is 8.83. The molecule has 1 atom stereocenters. The first-order chi connectivity index (χ1) is 15.7. The largest absolute Gasteiger partial charge is 0.339 e. The third-order valence-electron chi connectivity index (χ3n) is 5.31. The molecule has 1 saturated heterocycles. The molecule has 5 rings (SSSR count). The average Bonchev–Trinajstić information content (AvgIpc) is 3.57. The molecule has 4 heterocycles. The minimum Gasteiger partial charge on any atom is -0.339 e. The van der Waals surface area contributed by atoms with Crippen molar-refractivity contribution in [3.63, 3.8) is 0 Å². The highest BCUT2D eigenvalue weighted by atomic mass is 32.1. The van der Waals surface area contributed by atoms with Gasteiger partial charge in [0.2, 0.25) is 23.5 Å². The van der Waals surface area contributed by atoms with E-state index in [2.05, 4.69) is 25.4 Å². The van der Waals surface area contributed by atoms with Gasteiger partial charge < -0.3 is 14.7 Å². The summed E-state index contributed by atoms with van der Waals surface area (Å²) in [5, 5.41) is 7.35. The topological polar surface area (TPSA) is 114 Å². The maximum Gasteiger partial charge on any atom is 0.248 e. The number of pyridine rings is 1. The lowest BCUT2D eigenvalue weighted by Crippen LogP contribution is -2.43. The van der Waals surface area contributed by atoms with Crippen molar-refractivity contribution < 1.29 is 14.1 Å². The number of hydrogen-bond donors (Lipinski definition) is 1. The zero-order valence-corrected chi connectivity index (χ0v) is 17.9. The summed E-state index contributed by atoms with van der Waals surface area (Å²) in [5.41, 5.74) is 1.46. The Morgan fingerprint density at radius 2 is 2.03 bits per heavy atom. The first kappa shape index (κ1) is 20.3. The molecule has 9 nitrogen and oxygen atoms in total. The van der Waals surface area contributed by atoms with E-state index in [0.717, 1.165) is 16.6 Å². The SMILES string of the molecule is O=C(Nc1nc2ccccc2s1)C1CCCN1C(=O)CCc1nc(-c2ccccn2)no1. The van der Waals surface area contributed by atoms with E-state index in [1.54, 1.807) is 17.2 Å². The predicted molar refractivity (Wildman–Crippen MR) is 119 cm³/mol. The third-order valence-corrected chi connectivity index (χ3v) is 6.27. The molecule has 1 N–H and O–H groups in total. The first-order valence-electron chi connectivity index (χ1n) is 10.4. The number of aryl methyl sites for hydroxylation is 1. The van der Waals surface area contributed by atoms with Crippen LogP contribution in [0.2, 0.25) is 0 Å². The number of nitrogens with zero attached hydrogens (tertiary/aromatic N) is 5. The summed E-state index contributed by atoms with van der Waals surface area (Å²) in [6.45, 7) is 0.555. The third kappa shape index (κ3) is 4.22. The van der Waals surface area contributed by atoms with Crippen molar-refractivity contribution in [2.24, 2.45) is 0 Å². The summed E-state index contributed by atoms with van der Waals surface area (Å²) in [6.07, 6.45) is 3.57. The van der Waals surface area contributed by atoms with Crippen LogP contribution in [0.25, 0.3) is 21.7 Å². The van der Waals surface area contributed by atoms with Crippen LogP contribution in [-0.4, -0.2) is 49.4 Å². The molecule has 2 amide bonds. The Labute approximate surface area is 187 Å². The van der Waals surface area contributed by atoms with E-state index in [4.69, 9.17) is 4.52 Å². The summed E-state index contributed by atoms with van der Waals surface area (Å²) >= 11 is 1.42. The van der Waals surface area contributed by atoms with Crippen LogP contribution in [0.3, 0.4) is 0 Å². The molecule has 1 fully saturated rings. The lowest BCUT2D eigenvalue weighted by atomic mass is 10.2. The Morgan fingerprint density at radius 3 is 2.88 bits per heavy atom. The van der Waals surface area contributed by atoms with Gasteiger partial charge in [-0.2, -0.15) is 4.98 Å². The summed E-state index contributed by atoms with van der Waals surface area (Å²) in [4.78, 5) is 40.3. The van der Waals surface area contributed by atoms with Crippen molar-refractivity contribution in [1.29, 1.82) is 0 Å². The van der Waals surface area contributed by atoms with Crippen molar-refractivity contribution in [3.8, 4) is 11.5 Å². The lowest BCUT2D eigenvalue weighted by Gasteiger charge is -2.23. The number of nitrogens with one attached hydrogen (secondary N) is 1. The molecule has 0 aliphatic carbocycles. The fourth-order valence-corrected chi connectivity index (χ4v) is 4.63. The minimum atomic E-state index is -0.499. The van der Waals surface area contributed by atoms with E-state index in [-0.39, 0.29) is 18.2 Å².